The molecule has 2 aromatic heterocycles. The third-order valence-corrected chi connectivity index (χ3v) is 5.36. The van der Waals surface area contributed by atoms with Gasteiger partial charge in [0.25, 0.3) is 5.56 Å². The fraction of sp³-hybridized carbons (Fsp3) is 0.611. The van der Waals surface area contributed by atoms with Gasteiger partial charge in [0, 0.05) is 36.8 Å². The highest BCUT2D eigenvalue weighted by molar-refractivity contribution is 5.79. The van der Waals surface area contributed by atoms with E-state index in [0.717, 1.165) is 48.8 Å². The van der Waals surface area contributed by atoms with Crippen LogP contribution in [0.2, 0.25) is 0 Å². The summed E-state index contributed by atoms with van der Waals surface area (Å²) in [6.45, 7) is 3.35. The van der Waals surface area contributed by atoms with E-state index in [4.69, 9.17) is 4.98 Å². The molecule has 0 spiro atoms. The van der Waals surface area contributed by atoms with E-state index in [1.165, 1.54) is 12.8 Å². The summed E-state index contributed by atoms with van der Waals surface area (Å²) in [6.07, 6.45) is 7.69. The number of aliphatic hydroxyl groups is 1. The minimum absolute atomic E-state index is 0.0372. The molecule has 2 aromatic rings. The number of nitrogens with zero attached hydrogens (tertiary/aromatic N) is 4. The van der Waals surface area contributed by atoms with Gasteiger partial charge in [0.2, 0.25) is 5.95 Å². The first kappa shape index (κ1) is 15.6. The van der Waals surface area contributed by atoms with Crippen LogP contribution in [0.4, 0.5) is 5.95 Å². The number of piperidine rings is 1. The van der Waals surface area contributed by atoms with Gasteiger partial charge in [0.05, 0.1) is 6.10 Å². The second kappa shape index (κ2) is 6.16. The van der Waals surface area contributed by atoms with Crippen LogP contribution in [0.3, 0.4) is 0 Å². The van der Waals surface area contributed by atoms with Gasteiger partial charge in [-0.2, -0.15) is 4.98 Å². The number of pyridine rings is 1. The average molecular weight is 328 g/mol. The van der Waals surface area contributed by atoms with Crippen molar-refractivity contribution in [1.29, 1.82) is 0 Å². The third-order valence-electron chi connectivity index (χ3n) is 5.36. The zero-order valence-electron chi connectivity index (χ0n) is 14.1. The molecule has 1 unspecified atom stereocenters. The topological polar surface area (TPSA) is 71.2 Å². The maximum atomic E-state index is 12.6. The van der Waals surface area contributed by atoms with Crippen molar-refractivity contribution in [2.75, 3.05) is 18.0 Å². The van der Waals surface area contributed by atoms with Gasteiger partial charge in [0.1, 0.15) is 5.65 Å². The Kier molecular flexibility index (Phi) is 4.00. The fourth-order valence-electron chi connectivity index (χ4n) is 4.07. The van der Waals surface area contributed by atoms with Crippen molar-refractivity contribution in [3.05, 3.63) is 28.2 Å². The molecule has 24 heavy (non-hydrogen) atoms. The van der Waals surface area contributed by atoms with E-state index in [1.54, 1.807) is 6.07 Å². The van der Waals surface area contributed by atoms with Crippen LogP contribution in [0.5, 0.6) is 0 Å². The van der Waals surface area contributed by atoms with Crippen LogP contribution in [0.25, 0.3) is 11.0 Å². The van der Waals surface area contributed by atoms with E-state index in [-0.39, 0.29) is 17.7 Å². The SMILES string of the molecule is Cc1cc(=O)n(C2CCCC2)c2nc(N3CCCC(O)C3)ncc12. The van der Waals surface area contributed by atoms with E-state index in [0.29, 0.717) is 12.5 Å². The van der Waals surface area contributed by atoms with Gasteiger partial charge in [-0.05, 0) is 38.2 Å². The van der Waals surface area contributed by atoms with Crippen LogP contribution in [0, 0.1) is 6.92 Å². The van der Waals surface area contributed by atoms with E-state index in [9.17, 15) is 9.90 Å². The predicted molar refractivity (Wildman–Crippen MR) is 93.5 cm³/mol. The number of β-amino-alcohol motifs (C(OH)–C–C–N with tert-alkyl or cyclic N) is 1. The van der Waals surface area contributed by atoms with E-state index >= 15 is 0 Å². The molecule has 2 aliphatic rings. The van der Waals surface area contributed by atoms with E-state index in [2.05, 4.69) is 4.98 Å². The monoisotopic (exact) mass is 328 g/mol. The maximum Gasteiger partial charge on any atom is 0.252 e. The number of anilines is 1. The molecule has 0 amide bonds. The van der Waals surface area contributed by atoms with Gasteiger partial charge in [-0.15, -0.1) is 0 Å². The molecule has 4 rings (SSSR count). The van der Waals surface area contributed by atoms with E-state index < -0.39 is 0 Å². The molecule has 2 fully saturated rings. The average Bonchev–Trinajstić information content (AvgIpc) is 3.08. The standard InChI is InChI=1S/C18H24N4O2/c1-12-9-16(24)22(13-5-2-3-6-13)17-15(12)10-19-18(20-17)21-8-4-7-14(23)11-21/h9-10,13-14,23H,2-8,11H2,1H3. The Balaban J connectivity index is 1.84. The summed E-state index contributed by atoms with van der Waals surface area (Å²) in [7, 11) is 0. The summed E-state index contributed by atoms with van der Waals surface area (Å²) in [5.41, 5.74) is 1.71. The lowest BCUT2D eigenvalue weighted by Gasteiger charge is -2.30. The molecule has 0 bridgehead atoms. The summed E-state index contributed by atoms with van der Waals surface area (Å²) >= 11 is 0. The second-order valence-electron chi connectivity index (χ2n) is 7.12. The van der Waals surface area contributed by atoms with Gasteiger partial charge < -0.3 is 10.0 Å². The normalized spacial score (nSPS) is 22.4. The van der Waals surface area contributed by atoms with E-state index in [1.807, 2.05) is 22.6 Å². The highest BCUT2D eigenvalue weighted by Gasteiger charge is 2.24. The van der Waals surface area contributed by atoms with Crippen molar-refractivity contribution in [2.24, 2.45) is 0 Å². The van der Waals surface area contributed by atoms with Crippen LogP contribution in [-0.4, -0.2) is 38.8 Å². The van der Waals surface area contributed by atoms with Gasteiger partial charge in [-0.1, -0.05) is 12.8 Å². The van der Waals surface area contributed by atoms with Gasteiger partial charge in [-0.25, -0.2) is 4.98 Å². The molecule has 6 nitrogen and oxygen atoms in total. The lowest BCUT2D eigenvalue weighted by Crippen LogP contribution is -2.39. The van der Waals surface area contributed by atoms with Crippen LogP contribution in [0.15, 0.2) is 17.1 Å². The summed E-state index contributed by atoms with van der Waals surface area (Å²) in [5.74, 6) is 0.623. The van der Waals surface area contributed by atoms with Crippen molar-refractivity contribution in [3.8, 4) is 0 Å². The molecule has 1 atom stereocenters. The van der Waals surface area contributed by atoms with Gasteiger partial charge in [0.15, 0.2) is 0 Å². The lowest BCUT2D eigenvalue weighted by atomic mass is 10.1. The molecule has 1 saturated heterocycles. The van der Waals surface area contributed by atoms with Crippen molar-refractivity contribution >= 4 is 17.0 Å². The maximum absolute atomic E-state index is 12.6. The predicted octanol–water partition coefficient (Wildman–Crippen LogP) is 2.18. The van der Waals surface area contributed by atoms with Crippen molar-refractivity contribution in [1.82, 2.24) is 14.5 Å². The Hall–Kier alpha value is -1.95. The first-order valence-corrected chi connectivity index (χ1v) is 8.95. The number of aryl methyl sites for hydroxylation is 1. The zero-order valence-corrected chi connectivity index (χ0v) is 14.1. The number of hydrogen-bond acceptors (Lipinski definition) is 5. The molecule has 128 valence electrons. The summed E-state index contributed by atoms with van der Waals surface area (Å²) in [5, 5.41) is 10.9. The molecule has 1 aliphatic heterocycles. The minimum atomic E-state index is -0.326. The quantitative estimate of drug-likeness (QED) is 0.915. The van der Waals surface area contributed by atoms with Crippen LogP contribution in [0.1, 0.15) is 50.1 Å². The smallest absolute Gasteiger partial charge is 0.252 e. The summed E-state index contributed by atoms with van der Waals surface area (Å²) in [6, 6.07) is 1.95. The Bertz CT molecular complexity index is 811. The van der Waals surface area contributed by atoms with Gasteiger partial charge >= 0.3 is 0 Å². The fourth-order valence-corrected chi connectivity index (χ4v) is 4.07. The molecule has 3 heterocycles. The first-order valence-electron chi connectivity index (χ1n) is 8.95. The largest absolute Gasteiger partial charge is 0.391 e. The van der Waals surface area contributed by atoms with Crippen molar-refractivity contribution in [2.45, 2.75) is 57.6 Å². The van der Waals surface area contributed by atoms with Crippen molar-refractivity contribution in [3.63, 3.8) is 0 Å². The number of aliphatic hydroxyl groups excluding tert-OH is 1. The molecule has 0 aromatic carbocycles. The zero-order chi connectivity index (χ0) is 16.7. The molecule has 1 N–H and O–H groups in total. The molecular weight excluding hydrogens is 304 g/mol. The highest BCUT2D eigenvalue weighted by atomic mass is 16.3. The van der Waals surface area contributed by atoms with Crippen LogP contribution in [-0.2, 0) is 0 Å². The number of fused-ring (bicyclic) bond motifs is 1. The molecular formula is C18H24N4O2. The lowest BCUT2D eigenvalue weighted by molar-refractivity contribution is 0.153. The molecule has 0 radical (unpaired) electrons. The Morgan fingerprint density at radius 1 is 1.21 bits per heavy atom. The molecule has 1 saturated carbocycles. The second-order valence-corrected chi connectivity index (χ2v) is 7.12. The third kappa shape index (κ3) is 2.69. The minimum Gasteiger partial charge on any atom is -0.391 e. The number of aromatic nitrogens is 3. The Labute approximate surface area is 141 Å². The Morgan fingerprint density at radius 2 is 2.00 bits per heavy atom. The van der Waals surface area contributed by atoms with Crippen LogP contribution >= 0.6 is 0 Å². The molecule has 1 aliphatic carbocycles. The highest BCUT2D eigenvalue weighted by Crippen LogP contribution is 2.31. The van der Waals surface area contributed by atoms with Crippen LogP contribution < -0.4 is 10.5 Å². The Morgan fingerprint density at radius 3 is 2.75 bits per heavy atom. The molecule has 6 heteroatoms. The number of hydrogen-bond donors (Lipinski definition) is 1. The first-order chi connectivity index (χ1) is 11.6. The van der Waals surface area contributed by atoms with Gasteiger partial charge in [-0.3, -0.25) is 9.36 Å². The summed E-state index contributed by atoms with van der Waals surface area (Å²) < 4.78 is 1.88. The summed E-state index contributed by atoms with van der Waals surface area (Å²) in [4.78, 5) is 23.9. The number of rotatable bonds is 2. The van der Waals surface area contributed by atoms with Crippen molar-refractivity contribution < 1.29 is 5.11 Å².